The van der Waals surface area contributed by atoms with E-state index in [1.165, 1.54) is 18.4 Å². The van der Waals surface area contributed by atoms with Gasteiger partial charge in [0.25, 0.3) is 0 Å². The van der Waals surface area contributed by atoms with Gasteiger partial charge in [0, 0.05) is 30.0 Å². The highest BCUT2D eigenvalue weighted by Crippen LogP contribution is 2.37. The molecule has 1 aromatic carbocycles. The molecule has 3 heterocycles. The van der Waals surface area contributed by atoms with Crippen LogP contribution < -0.4 is 5.32 Å². The predicted molar refractivity (Wildman–Crippen MR) is 102 cm³/mol. The summed E-state index contributed by atoms with van der Waals surface area (Å²) in [5, 5.41) is 8.33. The highest BCUT2D eigenvalue weighted by Gasteiger charge is 2.32. The van der Waals surface area contributed by atoms with Crippen LogP contribution >= 0.6 is 0 Å². The van der Waals surface area contributed by atoms with E-state index < -0.39 is 0 Å². The molecule has 6 heteroatoms. The summed E-state index contributed by atoms with van der Waals surface area (Å²) in [7, 11) is 0. The summed E-state index contributed by atoms with van der Waals surface area (Å²) in [4.78, 5) is 14.9. The van der Waals surface area contributed by atoms with E-state index >= 15 is 0 Å². The largest absolute Gasteiger partial charge is 0.459 e. The Bertz CT molecular complexity index is 1000. The van der Waals surface area contributed by atoms with Crippen molar-refractivity contribution in [3.8, 4) is 0 Å². The summed E-state index contributed by atoms with van der Waals surface area (Å²) in [5.41, 5.74) is 3.68. The quantitative estimate of drug-likeness (QED) is 0.695. The van der Waals surface area contributed by atoms with Gasteiger partial charge in [-0.05, 0) is 45.1 Å². The summed E-state index contributed by atoms with van der Waals surface area (Å²) < 4.78 is 11.3. The van der Waals surface area contributed by atoms with Gasteiger partial charge in [0.05, 0.1) is 11.7 Å². The van der Waals surface area contributed by atoms with E-state index in [1.54, 1.807) is 0 Å². The number of aromatic nitrogens is 1. The molecular formula is C21H23N3O3. The summed E-state index contributed by atoms with van der Waals surface area (Å²) in [6, 6.07) is 7.77. The summed E-state index contributed by atoms with van der Waals surface area (Å²) in [6.07, 6.45) is 6.27. The van der Waals surface area contributed by atoms with Crippen molar-refractivity contribution in [1.82, 2.24) is 10.1 Å². The number of fused-ring (bicyclic) bond motifs is 3. The number of urea groups is 1. The minimum atomic E-state index is -0.111. The molecule has 1 atom stereocenters. The summed E-state index contributed by atoms with van der Waals surface area (Å²) in [5.74, 6) is 1.85. The minimum Gasteiger partial charge on any atom is -0.459 e. The number of likely N-dealkylation sites (tertiary alicyclic amines) is 1. The molecular weight excluding hydrogens is 342 g/mol. The fourth-order valence-electron chi connectivity index (χ4n) is 4.43. The average Bonchev–Trinajstić information content (AvgIpc) is 3.39. The number of carbonyl (C=O) groups is 1. The molecule has 0 spiro atoms. The number of amides is 2. The van der Waals surface area contributed by atoms with Crippen LogP contribution in [0.4, 0.5) is 10.5 Å². The van der Waals surface area contributed by atoms with Gasteiger partial charge >= 0.3 is 6.03 Å². The van der Waals surface area contributed by atoms with Crippen molar-refractivity contribution in [2.75, 3.05) is 11.9 Å². The molecule has 0 saturated carbocycles. The number of furan rings is 1. The Morgan fingerprint density at radius 2 is 2.15 bits per heavy atom. The normalized spacial score (nSPS) is 19.4. The Morgan fingerprint density at radius 1 is 1.26 bits per heavy atom. The monoisotopic (exact) mass is 365 g/mol. The molecule has 1 N–H and O–H groups in total. The zero-order chi connectivity index (χ0) is 18.4. The second-order valence-electron chi connectivity index (χ2n) is 7.54. The van der Waals surface area contributed by atoms with Crippen LogP contribution in [0.15, 0.2) is 33.2 Å². The van der Waals surface area contributed by atoms with Crippen LogP contribution in [-0.2, 0) is 12.8 Å². The second kappa shape index (κ2) is 6.44. The number of hydrogen-bond donors (Lipinski definition) is 1. The first-order valence-electron chi connectivity index (χ1n) is 9.75. The van der Waals surface area contributed by atoms with Crippen LogP contribution in [0.5, 0.6) is 0 Å². The molecule has 5 rings (SSSR count). The van der Waals surface area contributed by atoms with E-state index in [1.807, 2.05) is 30.0 Å². The number of benzene rings is 1. The number of aryl methyl sites for hydroxylation is 3. The summed E-state index contributed by atoms with van der Waals surface area (Å²) in [6.45, 7) is 2.59. The fraction of sp³-hybridized carbons (Fsp3) is 0.429. The predicted octanol–water partition coefficient (Wildman–Crippen LogP) is 4.98. The first-order chi connectivity index (χ1) is 13.2. The van der Waals surface area contributed by atoms with Crippen molar-refractivity contribution in [3.05, 3.63) is 47.0 Å². The van der Waals surface area contributed by atoms with E-state index in [-0.39, 0.29) is 12.1 Å². The maximum absolute atomic E-state index is 13.0. The number of para-hydroxylation sites is 1. The maximum atomic E-state index is 13.0. The second-order valence-corrected chi connectivity index (χ2v) is 7.54. The highest BCUT2D eigenvalue weighted by atomic mass is 16.5. The van der Waals surface area contributed by atoms with E-state index in [0.29, 0.717) is 6.54 Å². The van der Waals surface area contributed by atoms with Crippen molar-refractivity contribution in [1.29, 1.82) is 0 Å². The number of carbonyl (C=O) groups excluding carboxylic acids is 1. The van der Waals surface area contributed by atoms with Crippen molar-refractivity contribution >= 4 is 22.7 Å². The minimum absolute atomic E-state index is 0.0357. The van der Waals surface area contributed by atoms with Crippen molar-refractivity contribution in [3.63, 3.8) is 0 Å². The number of anilines is 1. The molecule has 2 aromatic heterocycles. The highest BCUT2D eigenvalue weighted by molar-refractivity contribution is 6.00. The van der Waals surface area contributed by atoms with Gasteiger partial charge in [0.2, 0.25) is 0 Å². The molecule has 1 saturated heterocycles. The molecule has 2 aliphatic rings. The third-order valence-electron chi connectivity index (χ3n) is 5.73. The maximum Gasteiger partial charge on any atom is 0.322 e. The lowest BCUT2D eigenvalue weighted by Gasteiger charge is -2.23. The molecule has 0 radical (unpaired) electrons. The Hall–Kier alpha value is -2.76. The van der Waals surface area contributed by atoms with Crippen LogP contribution in [0, 0.1) is 6.92 Å². The van der Waals surface area contributed by atoms with Gasteiger partial charge in [-0.3, -0.25) is 0 Å². The first kappa shape index (κ1) is 16.4. The van der Waals surface area contributed by atoms with Crippen LogP contribution in [0.2, 0.25) is 0 Å². The number of nitrogens with one attached hydrogen (secondary N) is 1. The van der Waals surface area contributed by atoms with Gasteiger partial charge in [0.1, 0.15) is 17.2 Å². The first-order valence-corrected chi connectivity index (χ1v) is 9.75. The number of nitrogens with zero attached hydrogens (tertiary/aromatic N) is 2. The molecule has 1 aliphatic carbocycles. The van der Waals surface area contributed by atoms with E-state index in [9.17, 15) is 4.79 Å². The summed E-state index contributed by atoms with van der Waals surface area (Å²) >= 11 is 0. The van der Waals surface area contributed by atoms with Crippen LogP contribution in [0.1, 0.15) is 54.5 Å². The van der Waals surface area contributed by atoms with Gasteiger partial charge < -0.3 is 19.2 Å². The van der Waals surface area contributed by atoms with Gasteiger partial charge in [-0.25, -0.2) is 4.79 Å². The lowest BCUT2D eigenvalue weighted by molar-refractivity contribution is 0.204. The molecule has 2 amide bonds. The van der Waals surface area contributed by atoms with Gasteiger partial charge in [-0.1, -0.05) is 17.3 Å². The third kappa shape index (κ3) is 2.80. The molecule has 0 unspecified atom stereocenters. The molecule has 0 bridgehead atoms. The van der Waals surface area contributed by atoms with Crippen LogP contribution in [-0.4, -0.2) is 22.6 Å². The fourth-order valence-corrected chi connectivity index (χ4v) is 4.43. The van der Waals surface area contributed by atoms with Crippen molar-refractivity contribution in [2.24, 2.45) is 0 Å². The van der Waals surface area contributed by atoms with Gasteiger partial charge in [0.15, 0.2) is 5.58 Å². The SMILES string of the molecule is Cc1cc([C@@H]2CCCN2C(=O)Nc2cccc3c4c(oc23)CCCC4)no1. The zero-order valence-corrected chi connectivity index (χ0v) is 15.5. The molecule has 27 heavy (non-hydrogen) atoms. The zero-order valence-electron chi connectivity index (χ0n) is 15.5. The standard InChI is InChI=1S/C21H23N3O3/c1-13-12-17(23-27-13)18-9-5-11-24(18)21(25)22-16-8-4-7-15-14-6-2-3-10-19(14)26-20(15)16/h4,7-8,12,18H,2-3,5-6,9-11H2,1H3,(H,22,25)/t18-/m0/s1. The molecule has 140 valence electrons. The third-order valence-corrected chi connectivity index (χ3v) is 5.73. The average molecular weight is 365 g/mol. The van der Waals surface area contributed by atoms with Gasteiger partial charge in [-0.15, -0.1) is 0 Å². The molecule has 1 aliphatic heterocycles. The van der Waals surface area contributed by atoms with Crippen molar-refractivity contribution in [2.45, 2.75) is 51.5 Å². The van der Waals surface area contributed by atoms with E-state index in [0.717, 1.165) is 59.6 Å². The molecule has 3 aromatic rings. The smallest absolute Gasteiger partial charge is 0.322 e. The van der Waals surface area contributed by atoms with E-state index in [4.69, 9.17) is 8.94 Å². The van der Waals surface area contributed by atoms with Gasteiger partial charge in [-0.2, -0.15) is 0 Å². The lowest BCUT2D eigenvalue weighted by atomic mass is 9.96. The Morgan fingerprint density at radius 3 is 3.00 bits per heavy atom. The Labute approximate surface area is 157 Å². The van der Waals surface area contributed by atoms with Crippen LogP contribution in [0.25, 0.3) is 11.0 Å². The molecule has 6 nitrogen and oxygen atoms in total. The molecule has 1 fully saturated rings. The number of hydrogen-bond acceptors (Lipinski definition) is 4. The Balaban J connectivity index is 1.43. The number of rotatable bonds is 2. The topological polar surface area (TPSA) is 71.5 Å². The van der Waals surface area contributed by atoms with E-state index in [2.05, 4.69) is 16.5 Å². The van der Waals surface area contributed by atoms with Crippen molar-refractivity contribution < 1.29 is 13.7 Å². The lowest BCUT2D eigenvalue weighted by Crippen LogP contribution is -2.34. The Kier molecular flexibility index (Phi) is 3.92. The van der Waals surface area contributed by atoms with Crippen LogP contribution in [0.3, 0.4) is 0 Å².